The molecule has 7 rings (SSSR count). The quantitative estimate of drug-likeness (QED) is 0.162. The fraction of sp³-hybridized carbons (Fsp3) is 0.410. The molecule has 14 heteroatoms. The predicted molar refractivity (Wildman–Crippen MR) is 208 cm³/mol. The summed E-state index contributed by atoms with van der Waals surface area (Å²) in [5, 5.41) is 19.5. The van der Waals surface area contributed by atoms with E-state index in [4.69, 9.17) is 9.72 Å². The van der Waals surface area contributed by atoms with Crippen molar-refractivity contribution in [2.45, 2.75) is 64.1 Å². The Morgan fingerprint density at radius 1 is 1.09 bits per heavy atom. The van der Waals surface area contributed by atoms with Crippen LogP contribution >= 0.6 is 11.3 Å². The van der Waals surface area contributed by atoms with Crippen LogP contribution in [-0.2, 0) is 36.0 Å². The molecule has 0 unspecified atom stereocenters. The zero-order chi connectivity index (χ0) is 37.1. The molecule has 2 fully saturated rings. The largest absolute Gasteiger partial charge is 0.392 e. The fourth-order valence-corrected chi connectivity index (χ4v) is 8.75. The van der Waals surface area contributed by atoms with E-state index in [2.05, 4.69) is 44.2 Å². The predicted octanol–water partition coefficient (Wildman–Crippen LogP) is 5.08. The van der Waals surface area contributed by atoms with Gasteiger partial charge in [-0.1, -0.05) is 6.58 Å². The molecule has 3 aliphatic rings. The minimum absolute atomic E-state index is 0.0487. The Morgan fingerprint density at radius 3 is 2.66 bits per heavy atom. The number of ether oxygens (including phenoxy) is 1. The van der Waals surface area contributed by atoms with E-state index in [1.165, 1.54) is 32.4 Å². The van der Waals surface area contributed by atoms with Gasteiger partial charge in [0, 0.05) is 86.1 Å². The number of piperazine rings is 1. The van der Waals surface area contributed by atoms with Crippen LogP contribution in [0.25, 0.3) is 11.3 Å². The van der Waals surface area contributed by atoms with Gasteiger partial charge in [-0.3, -0.25) is 19.3 Å². The van der Waals surface area contributed by atoms with Gasteiger partial charge in [0.05, 0.1) is 28.6 Å². The number of aryl methyl sites for hydroxylation is 3. The van der Waals surface area contributed by atoms with Crippen molar-refractivity contribution < 1.29 is 19.4 Å². The molecular formula is C39H46N8O5S. The first-order valence-electron chi connectivity index (χ1n) is 18.2. The first-order valence-corrected chi connectivity index (χ1v) is 19.1. The first-order chi connectivity index (χ1) is 25.7. The number of carbonyl (C=O) groups excluding carboxylic acids is 2. The molecule has 2 aliphatic heterocycles. The van der Waals surface area contributed by atoms with Gasteiger partial charge in [0.1, 0.15) is 5.82 Å². The molecular weight excluding hydrogens is 693 g/mol. The standard InChI is InChI=1S/C39H46N8O5S/c1-4-35(49)42-30-20-26(9-10-32(30)47-16-15-46(21-24(47)2)27-12-17-52-18-13-27)41-37-39(51)45(3)22-31(43-37)28-11-14-40-36(29(28)23-48)44-38(50)34-19-25-7-5-6-8-33(25)53-34/h4,9-11,14,19-20,22,24,27,48H,1,5-8,12-13,15-18,21,23H2,2-3H3,(H,41,43)(H,42,49)(H,40,44,50)/t24-/m0/s1. The Bertz CT molecular complexity index is 2050. The van der Waals surface area contributed by atoms with Crippen molar-refractivity contribution in [1.82, 2.24) is 19.4 Å². The molecule has 1 atom stereocenters. The number of hydrogen-bond donors (Lipinski definition) is 4. The van der Waals surface area contributed by atoms with Crippen LogP contribution in [0.3, 0.4) is 0 Å². The normalized spacial score (nSPS) is 17.9. The summed E-state index contributed by atoms with van der Waals surface area (Å²) in [6, 6.07) is 9.98. The van der Waals surface area contributed by atoms with E-state index in [1.807, 2.05) is 18.2 Å². The molecule has 0 spiro atoms. The minimum atomic E-state index is -0.414. The lowest BCUT2D eigenvalue weighted by Gasteiger charge is -2.45. The number of benzene rings is 1. The second-order valence-electron chi connectivity index (χ2n) is 13.9. The number of anilines is 5. The maximum absolute atomic E-state index is 13.4. The van der Waals surface area contributed by atoms with Crippen LogP contribution in [0.1, 0.15) is 58.3 Å². The Balaban J connectivity index is 1.14. The molecule has 53 heavy (non-hydrogen) atoms. The lowest BCUT2D eigenvalue weighted by Crippen LogP contribution is -2.56. The summed E-state index contributed by atoms with van der Waals surface area (Å²) in [6.45, 7) is 9.62. The van der Waals surface area contributed by atoms with E-state index in [1.54, 1.807) is 31.6 Å². The van der Waals surface area contributed by atoms with Gasteiger partial charge in [-0.25, -0.2) is 9.97 Å². The van der Waals surface area contributed by atoms with Gasteiger partial charge in [-0.05, 0) is 87.4 Å². The highest BCUT2D eigenvalue weighted by Gasteiger charge is 2.31. The van der Waals surface area contributed by atoms with Crippen molar-refractivity contribution in [3.05, 3.63) is 86.6 Å². The number of rotatable bonds is 10. The molecule has 2 amide bonds. The molecule has 1 aromatic carbocycles. The Kier molecular flexibility index (Phi) is 11.0. The Hall–Kier alpha value is -4.89. The molecule has 1 aliphatic carbocycles. The number of aliphatic hydroxyl groups is 1. The topological polar surface area (TPSA) is 154 Å². The van der Waals surface area contributed by atoms with Gasteiger partial charge in [0.2, 0.25) is 5.91 Å². The van der Waals surface area contributed by atoms with E-state index in [-0.39, 0.29) is 35.1 Å². The minimum Gasteiger partial charge on any atom is -0.392 e. The zero-order valence-electron chi connectivity index (χ0n) is 30.2. The van der Waals surface area contributed by atoms with Crippen molar-refractivity contribution in [1.29, 1.82) is 0 Å². The molecule has 4 N–H and O–H groups in total. The number of aliphatic hydroxyl groups excluding tert-OH is 1. The number of pyridine rings is 1. The average molecular weight is 739 g/mol. The van der Waals surface area contributed by atoms with Gasteiger partial charge in [0.25, 0.3) is 11.5 Å². The number of aromatic nitrogens is 3. The van der Waals surface area contributed by atoms with Crippen LogP contribution in [0.2, 0.25) is 0 Å². The van der Waals surface area contributed by atoms with Gasteiger partial charge in [0.15, 0.2) is 5.82 Å². The summed E-state index contributed by atoms with van der Waals surface area (Å²) < 4.78 is 6.99. The number of fused-ring (bicyclic) bond motifs is 1. The summed E-state index contributed by atoms with van der Waals surface area (Å²) in [6.07, 6.45) is 10.7. The summed E-state index contributed by atoms with van der Waals surface area (Å²) in [7, 11) is 1.62. The maximum Gasteiger partial charge on any atom is 0.293 e. The van der Waals surface area contributed by atoms with E-state index < -0.39 is 6.61 Å². The number of nitrogens with zero attached hydrogens (tertiary/aromatic N) is 5. The average Bonchev–Trinajstić information content (AvgIpc) is 3.62. The van der Waals surface area contributed by atoms with E-state index in [9.17, 15) is 19.5 Å². The monoisotopic (exact) mass is 738 g/mol. The lowest BCUT2D eigenvalue weighted by atomic mass is 9.99. The molecule has 13 nitrogen and oxygen atoms in total. The van der Waals surface area contributed by atoms with Crippen LogP contribution in [0.4, 0.5) is 28.7 Å². The number of amides is 2. The Labute approximate surface area is 312 Å². The molecule has 5 heterocycles. The number of nitrogens with one attached hydrogen (secondary N) is 3. The highest BCUT2D eigenvalue weighted by molar-refractivity contribution is 7.14. The van der Waals surface area contributed by atoms with Crippen molar-refractivity contribution in [2.24, 2.45) is 7.05 Å². The lowest BCUT2D eigenvalue weighted by molar-refractivity contribution is -0.111. The van der Waals surface area contributed by atoms with Gasteiger partial charge in [-0.15, -0.1) is 11.3 Å². The highest BCUT2D eigenvalue weighted by atomic mass is 32.1. The molecule has 3 aromatic heterocycles. The molecule has 0 bridgehead atoms. The smallest absolute Gasteiger partial charge is 0.293 e. The van der Waals surface area contributed by atoms with Crippen LogP contribution in [0.5, 0.6) is 0 Å². The summed E-state index contributed by atoms with van der Waals surface area (Å²) in [4.78, 5) is 55.1. The second-order valence-corrected chi connectivity index (χ2v) is 15.0. The van der Waals surface area contributed by atoms with Crippen LogP contribution in [0.15, 0.2) is 60.2 Å². The fourth-order valence-electron chi connectivity index (χ4n) is 7.60. The van der Waals surface area contributed by atoms with E-state index in [0.29, 0.717) is 39.1 Å². The molecule has 0 radical (unpaired) electrons. The van der Waals surface area contributed by atoms with Crippen LogP contribution in [0, 0.1) is 0 Å². The third-order valence-electron chi connectivity index (χ3n) is 10.4. The SMILES string of the molecule is C=CC(=O)Nc1cc(Nc2nc(-c3ccnc(NC(=O)c4cc5c(s4)CCCC5)c3CO)cn(C)c2=O)ccc1N1CCN(C2CCOCC2)C[C@@H]1C. The molecule has 278 valence electrons. The number of hydrogen-bond acceptors (Lipinski definition) is 11. The third kappa shape index (κ3) is 7.91. The van der Waals surface area contributed by atoms with Gasteiger partial charge >= 0.3 is 0 Å². The number of thiophene rings is 1. The first kappa shape index (κ1) is 36.5. The molecule has 2 saturated heterocycles. The van der Waals surface area contributed by atoms with Gasteiger partial charge in [-0.2, -0.15) is 0 Å². The highest BCUT2D eigenvalue weighted by Crippen LogP contribution is 2.35. The molecule has 4 aromatic rings. The van der Waals surface area contributed by atoms with Gasteiger partial charge < -0.3 is 35.3 Å². The number of carbonyl (C=O) groups is 2. The Morgan fingerprint density at radius 2 is 1.91 bits per heavy atom. The summed E-state index contributed by atoms with van der Waals surface area (Å²) in [5.41, 5.74) is 4.16. The summed E-state index contributed by atoms with van der Waals surface area (Å²) >= 11 is 1.51. The van der Waals surface area contributed by atoms with Crippen LogP contribution < -0.4 is 26.4 Å². The summed E-state index contributed by atoms with van der Waals surface area (Å²) in [5.74, 6) is -0.346. The zero-order valence-corrected chi connectivity index (χ0v) is 31.0. The van der Waals surface area contributed by atoms with E-state index >= 15 is 0 Å². The van der Waals surface area contributed by atoms with Crippen molar-refractivity contribution in [2.75, 3.05) is 53.7 Å². The van der Waals surface area contributed by atoms with Crippen molar-refractivity contribution in [3.63, 3.8) is 0 Å². The maximum atomic E-state index is 13.4. The molecule has 0 saturated carbocycles. The van der Waals surface area contributed by atoms with Crippen molar-refractivity contribution >= 4 is 51.8 Å². The van der Waals surface area contributed by atoms with E-state index in [0.717, 1.165) is 77.1 Å². The second kappa shape index (κ2) is 16.0. The third-order valence-corrected chi connectivity index (χ3v) is 11.6. The van der Waals surface area contributed by atoms with Crippen LogP contribution in [-0.4, -0.2) is 81.3 Å². The van der Waals surface area contributed by atoms with Crippen molar-refractivity contribution in [3.8, 4) is 11.3 Å².